The van der Waals surface area contributed by atoms with Crippen molar-refractivity contribution in [2.45, 2.75) is 12.5 Å². The van der Waals surface area contributed by atoms with E-state index < -0.39 is 17.5 Å². The van der Waals surface area contributed by atoms with Crippen LogP contribution in [0.15, 0.2) is 54.9 Å². The van der Waals surface area contributed by atoms with Gasteiger partial charge in [-0.15, -0.1) is 0 Å². The zero-order valence-corrected chi connectivity index (χ0v) is 20.4. The van der Waals surface area contributed by atoms with E-state index in [4.69, 9.17) is 16.3 Å². The number of imidazole rings is 2. The molecule has 0 saturated carbocycles. The number of hydrogen-bond acceptors (Lipinski definition) is 5. The van der Waals surface area contributed by atoms with Crippen LogP contribution in [0.4, 0.5) is 20.4 Å². The molecule has 0 radical (unpaired) electrons. The third-order valence-corrected chi connectivity index (χ3v) is 6.68. The van der Waals surface area contributed by atoms with Gasteiger partial charge in [-0.3, -0.25) is 10.1 Å². The van der Waals surface area contributed by atoms with Gasteiger partial charge < -0.3 is 19.0 Å². The van der Waals surface area contributed by atoms with Crippen molar-refractivity contribution in [1.82, 2.24) is 19.4 Å². The van der Waals surface area contributed by atoms with Crippen molar-refractivity contribution in [3.63, 3.8) is 0 Å². The molecule has 0 spiro atoms. The molecule has 1 aliphatic rings. The van der Waals surface area contributed by atoms with Gasteiger partial charge in [-0.1, -0.05) is 17.7 Å². The van der Waals surface area contributed by atoms with Gasteiger partial charge in [-0.2, -0.15) is 0 Å². The number of methoxy groups -OCH3 is 1. The van der Waals surface area contributed by atoms with Crippen molar-refractivity contribution >= 4 is 45.8 Å². The number of carbonyl (C=O) groups excluding carboxylic acids is 1. The Balaban J connectivity index is 1.27. The van der Waals surface area contributed by atoms with Crippen molar-refractivity contribution in [1.29, 1.82) is 0 Å². The van der Waals surface area contributed by atoms with E-state index in [-0.39, 0.29) is 17.7 Å². The molecule has 1 atom stereocenters. The van der Waals surface area contributed by atoms with Crippen molar-refractivity contribution in [3.8, 4) is 11.1 Å². The second kappa shape index (κ2) is 9.13. The molecule has 2 aromatic carbocycles. The molecule has 1 fully saturated rings. The first-order valence-corrected chi connectivity index (χ1v) is 12.0. The smallest absolute Gasteiger partial charge is 0.278 e. The van der Waals surface area contributed by atoms with Gasteiger partial charge in [-0.05, 0) is 47.9 Å². The maximum Gasteiger partial charge on any atom is 0.278 e. The van der Waals surface area contributed by atoms with Crippen LogP contribution in [0.3, 0.4) is 0 Å². The van der Waals surface area contributed by atoms with E-state index in [0.29, 0.717) is 46.0 Å². The molecule has 188 valence electrons. The Labute approximate surface area is 214 Å². The zero-order valence-electron chi connectivity index (χ0n) is 19.6. The second-order valence-corrected chi connectivity index (χ2v) is 9.36. The molecule has 11 heteroatoms. The maximum absolute atomic E-state index is 14.4. The summed E-state index contributed by atoms with van der Waals surface area (Å²) in [5, 5.41) is 3.01. The number of benzene rings is 2. The Morgan fingerprint density at radius 3 is 2.76 bits per heavy atom. The fourth-order valence-electron chi connectivity index (χ4n) is 4.67. The van der Waals surface area contributed by atoms with Crippen molar-refractivity contribution in [2.24, 2.45) is 0 Å². The van der Waals surface area contributed by atoms with Gasteiger partial charge in [0.2, 0.25) is 5.95 Å². The number of ether oxygens (including phenoxy) is 1. The van der Waals surface area contributed by atoms with Crippen LogP contribution >= 0.6 is 11.6 Å². The molecule has 8 nitrogen and oxygen atoms in total. The number of aromatic amines is 1. The summed E-state index contributed by atoms with van der Waals surface area (Å²) in [7, 11) is 1.66. The number of carbonyl (C=O) groups is 1. The fourth-order valence-corrected chi connectivity index (χ4v) is 4.89. The molecule has 1 aliphatic heterocycles. The van der Waals surface area contributed by atoms with Gasteiger partial charge in [0.1, 0.15) is 17.3 Å². The Morgan fingerprint density at radius 2 is 1.97 bits per heavy atom. The van der Waals surface area contributed by atoms with Crippen LogP contribution in [0.2, 0.25) is 5.02 Å². The maximum atomic E-state index is 14.4. The highest BCUT2D eigenvalue weighted by Crippen LogP contribution is 2.29. The Hall–Kier alpha value is -4.02. The standard InChI is InChI=1S/C26H21ClF2N6O2/c1-37-19-4-5-34(12-19)23-10-18(29)11-35-13-22(30-24(23)35)25(36)33-26-31-20-3-2-14(8-21(20)32-26)15-6-16(27)9-17(28)7-15/h2-3,6-11,13,19H,4-5,12H2,1H3,(H2,31,32,33,36). The quantitative estimate of drug-likeness (QED) is 0.328. The number of rotatable bonds is 5. The number of nitrogens with one attached hydrogen (secondary N) is 2. The van der Waals surface area contributed by atoms with E-state index in [1.807, 2.05) is 4.90 Å². The lowest BCUT2D eigenvalue weighted by atomic mass is 10.1. The number of H-pyrrole nitrogens is 1. The molecule has 2 N–H and O–H groups in total. The van der Waals surface area contributed by atoms with E-state index in [1.54, 1.807) is 31.4 Å². The second-order valence-electron chi connectivity index (χ2n) is 8.92. The van der Waals surface area contributed by atoms with Gasteiger partial charge in [0.05, 0.1) is 22.8 Å². The molecule has 1 amide bonds. The number of fused-ring (bicyclic) bond motifs is 2. The number of nitrogens with zero attached hydrogens (tertiary/aromatic N) is 4. The molecule has 37 heavy (non-hydrogen) atoms. The monoisotopic (exact) mass is 522 g/mol. The van der Waals surface area contributed by atoms with Crippen LogP contribution in [0, 0.1) is 11.6 Å². The first kappa shape index (κ1) is 23.4. The average Bonchev–Trinajstić information content (AvgIpc) is 3.60. The van der Waals surface area contributed by atoms with Crippen molar-refractivity contribution in [2.75, 3.05) is 30.4 Å². The molecule has 1 unspecified atom stereocenters. The molecule has 1 saturated heterocycles. The molecule has 0 aliphatic carbocycles. The normalized spacial score (nSPS) is 15.7. The summed E-state index contributed by atoms with van der Waals surface area (Å²) in [5.74, 6) is -1.14. The molecular formula is C26H21ClF2N6O2. The van der Waals surface area contributed by atoms with Crippen molar-refractivity contribution in [3.05, 3.63) is 77.2 Å². The molecule has 4 heterocycles. The predicted molar refractivity (Wildman–Crippen MR) is 137 cm³/mol. The topological polar surface area (TPSA) is 87.5 Å². The van der Waals surface area contributed by atoms with E-state index in [0.717, 1.165) is 12.0 Å². The van der Waals surface area contributed by atoms with Crippen LogP contribution in [0.25, 0.3) is 27.8 Å². The highest BCUT2D eigenvalue weighted by atomic mass is 35.5. The first-order valence-electron chi connectivity index (χ1n) is 11.6. The number of amides is 1. The Morgan fingerprint density at radius 1 is 1.11 bits per heavy atom. The lowest BCUT2D eigenvalue weighted by Gasteiger charge is -2.19. The molecular weight excluding hydrogens is 502 g/mol. The van der Waals surface area contributed by atoms with Crippen LogP contribution in [-0.2, 0) is 4.74 Å². The number of hydrogen-bond donors (Lipinski definition) is 2. The third kappa shape index (κ3) is 4.49. The number of pyridine rings is 1. The van der Waals surface area contributed by atoms with E-state index in [1.165, 1.54) is 35.0 Å². The lowest BCUT2D eigenvalue weighted by Crippen LogP contribution is -2.23. The van der Waals surface area contributed by atoms with Crippen LogP contribution in [0.1, 0.15) is 16.9 Å². The first-order chi connectivity index (χ1) is 17.9. The highest BCUT2D eigenvalue weighted by molar-refractivity contribution is 6.30. The molecule has 3 aromatic heterocycles. The highest BCUT2D eigenvalue weighted by Gasteiger charge is 2.26. The van der Waals surface area contributed by atoms with Crippen LogP contribution < -0.4 is 10.2 Å². The minimum Gasteiger partial charge on any atom is -0.380 e. The van der Waals surface area contributed by atoms with Crippen LogP contribution in [-0.4, -0.2) is 51.6 Å². The average molecular weight is 523 g/mol. The third-order valence-electron chi connectivity index (χ3n) is 6.46. The summed E-state index contributed by atoms with van der Waals surface area (Å²) in [6, 6.07) is 11.1. The van der Waals surface area contributed by atoms with Gasteiger partial charge in [0.15, 0.2) is 5.65 Å². The number of halogens is 3. The predicted octanol–water partition coefficient (Wildman–Crippen LogP) is 5.29. The summed E-state index contributed by atoms with van der Waals surface area (Å²) >= 11 is 5.99. The largest absolute Gasteiger partial charge is 0.380 e. The minimum absolute atomic E-state index is 0.0625. The summed E-state index contributed by atoms with van der Waals surface area (Å²) in [4.78, 5) is 27.0. The minimum atomic E-state index is -0.498. The van der Waals surface area contributed by atoms with Gasteiger partial charge >= 0.3 is 0 Å². The summed E-state index contributed by atoms with van der Waals surface area (Å²) < 4.78 is 35.1. The lowest BCUT2D eigenvalue weighted by molar-refractivity contribution is 0.102. The fraction of sp³-hybridized carbons (Fsp3) is 0.192. The van der Waals surface area contributed by atoms with Gasteiger partial charge in [0, 0.05) is 43.7 Å². The van der Waals surface area contributed by atoms with Crippen molar-refractivity contribution < 1.29 is 18.3 Å². The van der Waals surface area contributed by atoms with E-state index >= 15 is 0 Å². The molecule has 5 aromatic rings. The zero-order chi connectivity index (χ0) is 25.7. The number of aromatic nitrogens is 4. The van der Waals surface area contributed by atoms with Crippen LogP contribution in [0.5, 0.6) is 0 Å². The Bertz CT molecular complexity index is 1650. The number of anilines is 2. The van der Waals surface area contributed by atoms with E-state index in [2.05, 4.69) is 20.3 Å². The summed E-state index contributed by atoms with van der Waals surface area (Å²) in [5.41, 5.74) is 3.82. The summed E-state index contributed by atoms with van der Waals surface area (Å²) in [6.45, 7) is 1.32. The Kier molecular flexibility index (Phi) is 5.77. The van der Waals surface area contributed by atoms with Gasteiger partial charge in [-0.25, -0.2) is 18.7 Å². The SMILES string of the molecule is COC1CCN(c2cc(F)cn3cc(C(=O)Nc4nc5ccc(-c6cc(F)cc(Cl)c6)cc5[nH]4)nc23)C1. The molecule has 6 rings (SSSR count). The van der Waals surface area contributed by atoms with Gasteiger partial charge in [0.25, 0.3) is 5.91 Å². The molecule has 0 bridgehead atoms. The summed E-state index contributed by atoms with van der Waals surface area (Å²) in [6.07, 6.45) is 3.66. The van der Waals surface area contributed by atoms with E-state index in [9.17, 15) is 13.6 Å².